The lowest BCUT2D eigenvalue weighted by Crippen LogP contribution is -2.30. The first-order valence-electron chi connectivity index (χ1n) is 5.16. The summed E-state index contributed by atoms with van der Waals surface area (Å²) < 4.78 is 0. The molecule has 1 rings (SSSR count). The number of nitrogens with zero attached hydrogens (tertiary/aromatic N) is 1. The number of rotatable bonds is 3. The molecule has 15 heavy (non-hydrogen) atoms. The molecule has 0 amide bonds. The second kappa shape index (κ2) is 4.46. The molecule has 1 aromatic rings. The molecule has 1 N–H and O–H groups in total. The van der Waals surface area contributed by atoms with Crippen molar-refractivity contribution < 1.29 is 0 Å². The van der Waals surface area contributed by atoms with Gasteiger partial charge in [0.15, 0.2) is 0 Å². The normalized spacial score (nSPS) is 13.3. The lowest BCUT2D eigenvalue weighted by molar-refractivity contribution is 0.344. The quantitative estimate of drug-likeness (QED) is 0.818. The molecular weight excluding hydrogens is 184 g/mol. The van der Waals surface area contributed by atoms with Crippen LogP contribution in [0.15, 0.2) is 24.3 Å². The number of nitriles is 1. The van der Waals surface area contributed by atoms with E-state index in [0.717, 1.165) is 5.56 Å². The van der Waals surface area contributed by atoms with Crippen LogP contribution in [0.4, 0.5) is 0 Å². The van der Waals surface area contributed by atoms with Gasteiger partial charge in [0.2, 0.25) is 0 Å². The highest BCUT2D eigenvalue weighted by Gasteiger charge is 2.29. The lowest BCUT2D eigenvalue weighted by Gasteiger charge is -2.28. The summed E-state index contributed by atoms with van der Waals surface area (Å²) in [6.45, 7) is 5.97. The van der Waals surface area contributed by atoms with E-state index in [1.807, 2.05) is 20.9 Å². The van der Waals surface area contributed by atoms with Gasteiger partial charge in [0, 0.05) is 0 Å². The summed E-state index contributed by atoms with van der Waals surface area (Å²) >= 11 is 0. The molecule has 1 aromatic carbocycles. The van der Waals surface area contributed by atoms with Crippen LogP contribution in [0.2, 0.25) is 0 Å². The molecule has 0 fully saturated rings. The van der Waals surface area contributed by atoms with Gasteiger partial charge in [-0.1, -0.05) is 29.8 Å². The molecule has 2 heteroatoms. The summed E-state index contributed by atoms with van der Waals surface area (Å²) in [4.78, 5) is 0. The van der Waals surface area contributed by atoms with Gasteiger partial charge in [0.1, 0.15) is 0 Å². The maximum atomic E-state index is 9.12. The van der Waals surface area contributed by atoms with Gasteiger partial charge in [0.25, 0.3) is 0 Å². The van der Waals surface area contributed by atoms with Crippen LogP contribution in [0.5, 0.6) is 0 Å². The summed E-state index contributed by atoms with van der Waals surface area (Å²) in [5.41, 5.74) is 2.00. The highest BCUT2D eigenvalue weighted by molar-refractivity contribution is 5.27. The third kappa shape index (κ3) is 2.57. The first kappa shape index (κ1) is 11.7. The van der Waals surface area contributed by atoms with E-state index < -0.39 is 5.41 Å². The molecule has 0 bridgehead atoms. The van der Waals surface area contributed by atoms with Crippen LogP contribution in [0.3, 0.4) is 0 Å². The molecule has 0 aliphatic carbocycles. The first-order chi connectivity index (χ1) is 7.01. The number of benzene rings is 1. The predicted octanol–water partition coefficient (Wildman–Crippen LogP) is 2.81. The number of hydrogen-bond acceptors (Lipinski definition) is 2. The number of hydrogen-bond donors (Lipinski definition) is 1. The minimum absolute atomic E-state index is 0.0723. The van der Waals surface area contributed by atoms with Gasteiger partial charge in [-0.2, -0.15) is 5.26 Å². The van der Waals surface area contributed by atoms with Crippen LogP contribution in [0, 0.1) is 23.7 Å². The first-order valence-corrected chi connectivity index (χ1v) is 5.16. The molecule has 0 heterocycles. The van der Waals surface area contributed by atoms with Crippen molar-refractivity contribution in [2.45, 2.75) is 26.8 Å². The molecule has 0 saturated carbocycles. The van der Waals surface area contributed by atoms with Gasteiger partial charge in [-0.25, -0.2) is 0 Å². The largest absolute Gasteiger partial charge is 0.312 e. The van der Waals surface area contributed by atoms with Crippen LogP contribution in [0.25, 0.3) is 0 Å². The fraction of sp³-hybridized carbons (Fsp3) is 0.462. The Balaban J connectivity index is 3.04. The Morgan fingerprint density at radius 3 is 2.20 bits per heavy atom. The van der Waals surface area contributed by atoms with Crippen molar-refractivity contribution in [3.05, 3.63) is 35.4 Å². The van der Waals surface area contributed by atoms with Crippen LogP contribution >= 0.6 is 0 Å². The smallest absolute Gasteiger partial charge is 0.0712 e. The molecule has 1 atom stereocenters. The molecule has 0 radical (unpaired) electrons. The Hall–Kier alpha value is -1.33. The maximum absolute atomic E-state index is 9.12. The average molecular weight is 202 g/mol. The van der Waals surface area contributed by atoms with E-state index in [9.17, 15) is 0 Å². The van der Waals surface area contributed by atoms with E-state index in [1.54, 1.807) is 0 Å². The van der Waals surface area contributed by atoms with Crippen molar-refractivity contribution in [2.75, 3.05) is 7.05 Å². The standard InChI is InChI=1S/C13H18N2/c1-10-5-7-11(8-6-10)12(15-4)13(2,3)9-14/h5-8,12,15H,1-4H3. The topological polar surface area (TPSA) is 35.8 Å². The maximum Gasteiger partial charge on any atom is 0.0712 e. The molecule has 0 aliphatic heterocycles. The molecule has 2 nitrogen and oxygen atoms in total. The Labute approximate surface area is 91.9 Å². The van der Waals surface area contributed by atoms with E-state index in [-0.39, 0.29) is 6.04 Å². The summed E-state index contributed by atoms with van der Waals surface area (Å²) in [6.07, 6.45) is 0. The minimum atomic E-state index is -0.399. The second-order valence-electron chi connectivity index (χ2n) is 4.47. The summed E-state index contributed by atoms with van der Waals surface area (Å²) in [5, 5.41) is 12.3. The van der Waals surface area contributed by atoms with Gasteiger partial charge in [-0.3, -0.25) is 0 Å². The monoisotopic (exact) mass is 202 g/mol. The Kier molecular flexibility index (Phi) is 3.49. The summed E-state index contributed by atoms with van der Waals surface area (Å²) in [5.74, 6) is 0. The summed E-state index contributed by atoms with van der Waals surface area (Å²) in [6, 6.07) is 10.7. The molecule has 0 aliphatic rings. The van der Waals surface area contributed by atoms with Crippen molar-refractivity contribution in [2.24, 2.45) is 5.41 Å². The van der Waals surface area contributed by atoms with Gasteiger partial charge < -0.3 is 5.32 Å². The van der Waals surface area contributed by atoms with Crippen molar-refractivity contribution in [3.63, 3.8) is 0 Å². The number of nitrogens with one attached hydrogen (secondary N) is 1. The third-order valence-corrected chi connectivity index (χ3v) is 2.71. The molecule has 1 unspecified atom stereocenters. The molecule has 0 spiro atoms. The Bertz CT molecular complexity index is 357. The fourth-order valence-electron chi connectivity index (χ4n) is 1.77. The van der Waals surface area contributed by atoms with Gasteiger partial charge in [-0.15, -0.1) is 0 Å². The lowest BCUT2D eigenvalue weighted by atomic mass is 9.82. The molecule has 0 aromatic heterocycles. The van der Waals surface area contributed by atoms with E-state index in [1.165, 1.54) is 5.56 Å². The summed E-state index contributed by atoms with van der Waals surface area (Å²) in [7, 11) is 1.89. The van der Waals surface area contributed by atoms with Crippen LogP contribution in [0.1, 0.15) is 31.0 Å². The van der Waals surface area contributed by atoms with Crippen molar-refractivity contribution in [1.29, 1.82) is 5.26 Å². The van der Waals surface area contributed by atoms with Crippen molar-refractivity contribution in [1.82, 2.24) is 5.32 Å². The number of aryl methyl sites for hydroxylation is 1. The predicted molar refractivity (Wildman–Crippen MR) is 62.4 cm³/mol. The van der Waals surface area contributed by atoms with Crippen LogP contribution < -0.4 is 5.32 Å². The van der Waals surface area contributed by atoms with E-state index in [2.05, 4.69) is 42.6 Å². The SMILES string of the molecule is CNC(c1ccc(C)cc1)C(C)(C)C#N. The van der Waals surface area contributed by atoms with Crippen LogP contribution in [-0.2, 0) is 0 Å². The minimum Gasteiger partial charge on any atom is -0.312 e. The highest BCUT2D eigenvalue weighted by atomic mass is 14.9. The molecule has 80 valence electrons. The zero-order chi connectivity index (χ0) is 11.5. The zero-order valence-corrected chi connectivity index (χ0v) is 9.83. The Morgan fingerprint density at radius 1 is 1.27 bits per heavy atom. The molecular formula is C13H18N2. The van der Waals surface area contributed by atoms with Gasteiger partial charge >= 0.3 is 0 Å². The second-order valence-corrected chi connectivity index (χ2v) is 4.47. The van der Waals surface area contributed by atoms with E-state index in [0.29, 0.717) is 0 Å². The highest BCUT2D eigenvalue weighted by Crippen LogP contribution is 2.32. The Morgan fingerprint density at radius 2 is 1.80 bits per heavy atom. The van der Waals surface area contributed by atoms with Gasteiger partial charge in [0.05, 0.1) is 17.5 Å². The third-order valence-electron chi connectivity index (χ3n) is 2.71. The zero-order valence-electron chi connectivity index (χ0n) is 9.83. The van der Waals surface area contributed by atoms with Crippen molar-refractivity contribution >= 4 is 0 Å². The van der Waals surface area contributed by atoms with Crippen molar-refractivity contribution in [3.8, 4) is 6.07 Å². The van der Waals surface area contributed by atoms with Gasteiger partial charge in [-0.05, 0) is 33.4 Å². The van der Waals surface area contributed by atoms with E-state index >= 15 is 0 Å². The van der Waals surface area contributed by atoms with E-state index in [4.69, 9.17) is 5.26 Å². The average Bonchev–Trinajstić information content (AvgIpc) is 2.22. The van der Waals surface area contributed by atoms with Crippen LogP contribution in [-0.4, -0.2) is 7.05 Å². The molecule has 0 saturated heterocycles. The fourth-order valence-corrected chi connectivity index (χ4v) is 1.77.